The summed E-state index contributed by atoms with van der Waals surface area (Å²) in [5, 5.41) is 19.8. The summed E-state index contributed by atoms with van der Waals surface area (Å²) in [4.78, 5) is 11.7. The van der Waals surface area contributed by atoms with E-state index in [1.807, 2.05) is 6.07 Å². The molecule has 1 atom stereocenters. The van der Waals surface area contributed by atoms with Crippen LogP contribution in [0.3, 0.4) is 0 Å². The van der Waals surface area contributed by atoms with Gasteiger partial charge in [-0.15, -0.1) is 11.3 Å². The van der Waals surface area contributed by atoms with E-state index in [-0.39, 0.29) is 5.00 Å². The molecule has 108 valence electrons. The molecule has 7 nitrogen and oxygen atoms in total. The smallest absolute Gasteiger partial charge is 0.323 e. The minimum absolute atomic E-state index is 0.203. The largest absolute Gasteiger partial charge is 0.480 e. The Kier molecular flexibility index (Phi) is 3.99. The average molecular weight is 315 g/mol. The predicted octanol–water partition coefficient (Wildman–Crippen LogP) is 0.480. The van der Waals surface area contributed by atoms with E-state index in [1.165, 1.54) is 11.3 Å². The molecule has 1 aromatic rings. The van der Waals surface area contributed by atoms with Crippen molar-refractivity contribution in [2.24, 2.45) is 0 Å². The Hall–Kier alpha value is -1.63. The van der Waals surface area contributed by atoms with E-state index in [1.54, 1.807) is 0 Å². The molecule has 0 bridgehead atoms. The van der Waals surface area contributed by atoms with Crippen LogP contribution in [-0.2, 0) is 27.8 Å². The van der Waals surface area contributed by atoms with Gasteiger partial charge >= 0.3 is 5.97 Å². The van der Waals surface area contributed by atoms with Gasteiger partial charge < -0.3 is 10.4 Å². The molecule has 0 spiro atoms. The SMILES string of the molecule is CC(C(=O)O)S(=O)(=O)Nc1sc2c(c1C#N)CCNC2. The first kappa shape index (κ1) is 14.8. The van der Waals surface area contributed by atoms with Crippen LogP contribution >= 0.6 is 11.3 Å². The van der Waals surface area contributed by atoms with Gasteiger partial charge in [-0.05, 0) is 25.5 Å². The topological polar surface area (TPSA) is 119 Å². The summed E-state index contributed by atoms with van der Waals surface area (Å²) in [7, 11) is -4.06. The van der Waals surface area contributed by atoms with Crippen molar-refractivity contribution in [3.05, 3.63) is 16.0 Å². The minimum Gasteiger partial charge on any atom is -0.480 e. The third-order valence-corrected chi connectivity index (χ3v) is 5.99. The number of nitriles is 1. The lowest BCUT2D eigenvalue weighted by Crippen LogP contribution is -2.32. The number of nitrogens with one attached hydrogen (secondary N) is 2. The molecule has 3 N–H and O–H groups in total. The van der Waals surface area contributed by atoms with Gasteiger partial charge in [-0.3, -0.25) is 9.52 Å². The number of anilines is 1. The molecule has 0 saturated carbocycles. The molecule has 0 aliphatic carbocycles. The van der Waals surface area contributed by atoms with E-state index in [4.69, 9.17) is 5.11 Å². The van der Waals surface area contributed by atoms with E-state index in [9.17, 15) is 18.5 Å². The van der Waals surface area contributed by atoms with Crippen molar-refractivity contribution in [2.75, 3.05) is 11.3 Å². The molecule has 0 aromatic carbocycles. The maximum absolute atomic E-state index is 11.9. The summed E-state index contributed by atoms with van der Waals surface area (Å²) in [5.74, 6) is -1.43. The molecule has 0 fully saturated rings. The Labute approximate surface area is 120 Å². The number of carboxylic acids is 1. The monoisotopic (exact) mass is 315 g/mol. The van der Waals surface area contributed by atoms with E-state index in [2.05, 4.69) is 10.0 Å². The molecular weight excluding hydrogens is 302 g/mol. The predicted molar refractivity (Wildman–Crippen MR) is 74.1 cm³/mol. The highest BCUT2D eigenvalue weighted by atomic mass is 32.2. The fourth-order valence-electron chi connectivity index (χ4n) is 1.88. The number of thiophene rings is 1. The number of fused-ring (bicyclic) bond motifs is 1. The summed E-state index contributed by atoms with van der Waals surface area (Å²) in [6.45, 7) is 2.41. The lowest BCUT2D eigenvalue weighted by atomic mass is 10.1. The second-order valence-electron chi connectivity index (χ2n) is 4.37. The van der Waals surface area contributed by atoms with Gasteiger partial charge in [0.15, 0.2) is 5.25 Å². The van der Waals surface area contributed by atoms with Crippen molar-refractivity contribution >= 4 is 32.3 Å². The molecule has 1 aliphatic rings. The summed E-state index contributed by atoms with van der Waals surface area (Å²) in [6, 6.07) is 2.00. The highest BCUT2D eigenvalue weighted by Crippen LogP contribution is 2.35. The van der Waals surface area contributed by atoms with Crippen molar-refractivity contribution in [3.8, 4) is 6.07 Å². The minimum atomic E-state index is -4.06. The highest BCUT2D eigenvalue weighted by molar-refractivity contribution is 7.94. The molecular formula is C11H13N3O4S2. The van der Waals surface area contributed by atoms with E-state index in [0.717, 1.165) is 23.9 Å². The molecule has 20 heavy (non-hydrogen) atoms. The summed E-state index contributed by atoms with van der Waals surface area (Å²) in [6.07, 6.45) is 0.658. The molecule has 9 heteroatoms. The van der Waals surface area contributed by atoms with Crippen LogP contribution in [0, 0.1) is 11.3 Å². The van der Waals surface area contributed by atoms with Gasteiger partial charge in [-0.1, -0.05) is 0 Å². The van der Waals surface area contributed by atoms with Crippen LogP contribution in [0.15, 0.2) is 0 Å². The first-order valence-electron chi connectivity index (χ1n) is 5.86. The van der Waals surface area contributed by atoms with Crippen molar-refractivity contribution in [2.45, 2.75) is 25.1 Å². The van der Waals surface area contributed by atoms with Crippen molar-refractivity contribution in [1.29, 1.82) is 5.26 Å². The van der Waals surface area contributed by atoms with Crippen LogP contribution in [-0.4, -0.2) is 31.3 Å². The summed E-state index contributed by atoms with van der Waals surface area (Å²) in [5.41, 5.74) is 1.14. The van der Waals surface area contributed by atoms with Crippen LogP contribution in [0.25, 0.3) is 0 Å². The average Bonchev–Trinajstić information content (AvgIpc) is 2.73. The van der Waals surface area contributed by atoms with Gasteiger partial charge in [0.25, 0.3) is 0 Å². The number of hydrogen-bond acceptors (Lipinski definition) is 6. The lowest BCUT2D eigenvalue weighted by molar-refractivity contribution is -0.136. The quantitative estimate of drug-likeness (QED) is 0.743. The Morgan fingerprint density at radius 3 is 2.90 bits per heavy atom. The maximum Gasteiger partial charge on any atom is 0.323 e. The Morgan fingerprint density at radius 2 is 2.30 bits per heavy atom. The van der Waals surface area contributed by atoms with Crippen LogP contribution < -0.4 is 10.0 Å². The second-order valence-corrected chi connectivity index (χ2v) is 7.48. The van der Waals surface area contributed by atoms with Gasteiger partial charge in [0.1, 0.15) is 11.1 Å². The fraction of sp³-hybridized carbons (Fsp3) is 0.455. The van der Waals surface area contributed by atoms with E-state index >= 15 is 0 Å². The van der Waals surface area contributed by atoms with Gasteiger partial charge in [-0.25, -0.2) is 8.42 Å². The number of rotatable bonds is 4. The molecule has 0 radical (unpaired) electrons. The zero-order valence-electron chi connectivity index (χ0n) is 10.6. The number of sulfonamides is 1. The Bertz CT molecular complexity index is 687. The van der Waals surface area contributed by atoms with Crippen LogP contribution in [0.2, 0.25) is 0 Å². The number of nitrogens with zero attached hydrogens (tertiary/aromatic N) is 1. The standard InChI is InChI=1S/C11H13N3O4S2/c1-6(11(15)16)20(17,18)14-10-8(4-12)7-2-3-13-5-9(7)19-10/h6,13-14H,2-3,5H2,1H3,(H,15,16). The molecule has 1 aromatic heterocycles. The number of carboxylic acid groups (broad SMARTS) is 1. The van der Waals surface area contributed by atoms with Crippen molar-refractivity contribution < 1.29 is 18.3 Å². The van der Waals surface area contributed by atoms with Crippen LogP contribution in [0.5, 0.6) is 0 Å². The third-order valence-electron chi connectivity index (χ3n) is 3.09. The normalized spacial score (nSPS) is 16.0. The van der Waals surface area contributed by atoms with Gasteiger partial charge in [0, 0.05) is 11.4 Å². The van der Waals surface area contributed by atoms with Gasteiger partial charge in [-0.2, -0.15) is 5.26 Å². The molecule has 2 rings (SSSR count). The lowest BCUT2D eigenvalue weighted by Gasteiger charge is -2.11. The van der Waals surface area contributed by atoms with E-state index in [0.29, 0.717) is 18.5 Å². The van der Waals surface area contributed by atoms with Crippen LogP contribution in [0.1, 0.15) is 22.9 Å². The number of aliphatic carboxylic acids is 1. The molecule has 0 amide bonds. The van der Waals surface area contributed by atoms with Gasteiger partial charge in [0.05, 0.1) is 5.56 Å². The molecule has 0 saturated heterocycles. The van der Waals surface area contributed by atoms with Crippen molar-refractivity contribution in [3.63, 3.8) is 0 Å². The highest BCUT2D eigenvalue weighted by Gasteiger charge is 2.30. The second kappa shape index (κ2) is 5.40. The van der Waals surface area contributed by atoms with Crippen molar-refractivity contribution in [1.82, 2.24) is 5.32 Å². The molecule has 1 aliphatic heterocycles. The Morgan fingerprint density at radius 1 is 1.60 bits per heavy atom. The third kappa shape index (κ3) is 2.63. The fourth-order valence-corrected chi connectivity index (χ4v) is 4.21. The first-order valence-corrected chi connectivity index (χ1v) is 8.23. The first-order chi connectivity index (χ1) is 9.36. The molecule has 1 unspecified atom stereocenters. The molecule has 2 heterocycles. The summed E-state index contributed by atoms with van der Waals surface area (Å²) >= 11 is 1.17. The number of carbonyl (C=O) groups is 1. The van der Waals surface area contributed by atoms with E-state index < -0.39 is 21.2 Å². The number of hydrogen-bond donors (Lipinski definition) is 3. The Balaban J connectivity index is 2.38. The zero-order valence-corrected chi connectivity index (χ0v) is 12.3. The van der Waals surface area contributed by atoms with Crippen LogP contribution in [0.4, 0.5) is 5.00 Å². The van der Waals surface area contributed by atoms with Gasteiger partial charge in [0.2, 0.25) is 10.0 Å². The summed E-state index contributed by atoms with van der Waals surface area (Å²) < 4.78 is 26.1. The zero-order chi connectivity index (χ0) is 14.9. The maximum atomic E-state index is 11.9.